The molecule has 1 amide bonds. The Bertz CT molecular complexity index is 185. The average molecular weight is 173 g/mol. The molecular weight excluding hydrogens is 158 g/mol. The van der Waals surface area contributed by atoms with Gasteiger partial charge in [-0.3, -0.25) is 4.79 Å². The average Bonchev–Trinajstić information content (AvgIpc) is 1.97. The van der Waals surface area contributed by atoms with Crippen molar-refractivity contribution in [3.05, 3.63) is 0 Å². The van der Waals surface area contributed by atoms with Gasteiger partial charge in [-0.25, -0.2) is 0 Å². The van der Waals surface area contributed by atoms with E-state index in [1.54, 1.807) is 12.0 Å². The number of amides is 1. The summed E-state index contributed by atoms with van der Waals surface area (Å²) in [5.74, 6) is -0.218. The lowest BCUT2D eigenvalue weighted by atomic mass is 9.96. The summed E-state index contributed by atoms with van der Waals surface area (Å²) < 4.78 is 5.16. The summed E-state index contributed by atoms with van der Waals surface area (Å²) in [7, 11) is 1.63. The molecule has 1 unspecified atom stereocenters. The maximum Gasteiger partial charge on any atom is 0.251 e. The fourth-order valence-corrected chi connectivity index (χ4v) is 1.31. The van der Waals surface area contributed by atoms with Crippen LogP contribution in [0.1, 0.15) is 13.8 Å². The van der Waals surface area contributed by atoms with Crippen molar-refractivity contribution in [2.75, 3.05) is 20.2 Å². The van der Waals surface area contributed by atoms with Crippen LogP contribution in [0.3, 0.4) is 0 Å². The summed E-state index contributed by atoms with van der Waals surface area (Å²) in [5, 5.41) is 8.97. The van der Waals surface area contributed by atoms with Crippen LogP contribution in [-0.4, -0.2) is 47.8 Å². The van der Waals surface area contributed by atoms with Gasteiger partial charge in [0, 0.05) is 7.11 Å². The highest BCUT2D eigenvalue weighted by Gasteiger charge is 2.42. The van der Waals surface area contributed by atoms with E-state index in [9.17, 15) is 4.79 Å². The monoisotopic (exact) mass is 173 g/mol. The van der Waals surface area contributed by atoms with Crippen molar-refractivity contribution in [3.63, 3.8) is 0 Å². The molecule has 0 aromatic heterocycles. The summed E-state index contributed by atoms with van der Waals surface area (Å²) in [6.45, 7) is 4.57. The molecule has 0 radical (unpaired) electrons. The Balaban J connectivity index is 2.39. The number of aliphatic hydroxyl groups excluding tert-OH is 1. The number of carbonyl (C=O) groups is 1. The first-order chi connectivity index (χ1) is 5.48. The molecule has 1 N–H and O–H groups in total. The normalized spacial score (nSPS) is 23.2. The third kappa shape index (κ3) is 1.59. The van der Waals surface area contributed by atoms with Crippen LogP contribution in [0.5, 0.6) is 0 Å². The van der Waals surface area contributed by atoms with E-state index >= 15 is 0 Å². The summed E-state index contributed by atoms with van der Waals surface area (Å²) in [6, 6.07) is 0. The number of hydrogen-bond donors (Lipinski definition) is 1. The van der Waals surface area contributed by atoms with E-state index in [0.717, 1.165) is 0 Å². The van der Waals surface area contributed by atoms with Gasteiger partial charge in [-0.05, 0) is 13.8 Å². The number of hydrogen-bond acceptors (Lipinski definition) is 3. The first kappa shape index (κ1) is 9.48. The third-order valence-electron chi connectivity index (χ3n) is 2.21. The largest absolute Gasteiger partial charge is 0.384 e. The fourth-order valence-electron chi connectivity index (χ4n) is 1.31. The van der Waals surface area contributed by atoms with Crippen molar-refractivity contribution < 1.29 is 14.6 Å². The second-order valence-corrected chi connectivity index (χ2v) is 3.52. The van der Waals surface area contributed by atoms with Crippen molar-refractivity contribution in [1.82, 2.24) is 4.90 Å². The third-order valence-corrected chi connectivity index (χ3v) is 2.21. The number of likely N-dealkylation sites (tertiary alicyclic amines) is 1. The molecular formula is C8H15NO3. The standard InChI is InChI=1S/C8H15NO3/c1-6(10)7(11)9-4-8(2,5-9)12-3/h6,10H,4-5H2,1-3H3. The second-order valence-electron chi connectivity index (χ2n) is 3.52. The van der Waals surface area contributed by atoms with E-state index in [1.165, 1.54) is 6.92 Å². The van der Waals surface area contributed by atoms with Crippen molar-refractivity contribution >= 4 is 5.91 Å². The maximum atomic E-state index is 11.1. The molecule has 70 valence electrons. The highest BCUT2D eigenvalue weighted by atomic mass is 16.5. The molecule has 0 spiro atoms. The van der Waals surface area contributed by atoms with Crippen LogP contribution in [0, 0.1) is 0 Å². The quantitative estimate of drug-likeness (QED) is 0.619. The van der Waals surface area contributed by atoms with E-state index < -0.39 is 6.10 Å². The second kappa shape index (κ2) is 3.03. The summed E-state index contributed by atoms with van der Waals surface area (Å²) in [6.07, 6.45) is -0.897. The number of ether oxygens (including phenoxy) is 1. The number of rotatable bonds is 2. The van der Waals surface area contributed by atoms with Crippen molar-refractivity contribution in [2.24, 2.45) is 0 Å². The molecule has 1 atom stereocenters. The molecule has 1 rings (SSSR count). The predicted molar refractivity (Wildman–Crippen MR) is 43.7 cm³/mol. The number of carbonyl (C=O) groups excluding carboxylic acids is 1. The fraction of sp³-hybridized carbons (Fsp3) is 0.875. The van der Waals surface area contributed by atoms with Crippen LogP contribution in [-0.2, 0) is 9.53 Å². The molecule has 4 nitrogen and oxygen atoms in total. The number of methoxy groups -OCH3 is 1. The minimum absolute atomic E-state index is 0.204. The van der Waals surface area contributed by atoms with Crippen LogP contribution in [0.4, 0.5) is 0 Å². The Morgan fingerprint density at radius 2 is 2.17 bits per heavy atom. The van der Waals surface area contributed by atoms with Gasteiger partial charge in [0.15, 0.2) is 0 Å². The Labute approximate surface area is 72.1 Å². The summed E-state index contributed by atoms with van der Waals surface area (Å²) in [4.78, 5) is 12.7. The first-order valence-electron chi connectivity index (χ1n) is 4.00. The minimum atomic E-state index is -0.897. The Morgan fingerprint density at radius 3 is 2.50 bits per heavy atom. The van der Waals surface area contributed by atoms with Gasteiger partial charge in [0.1, 0.15) is 6.10 Å². The number of nitrogens with zero attached hydrogens (tertiary/aromatic N) is 1. The zero-order chi connectivity index (χ0) is 9.35. The molecule has 12 heavy (non-hydrogen) atoms. The van der Waals surface area contributed by atoms with Crippen LogP contribution in [0.25, 0.3) is 0 Å². The van der Waals surface area contributed by atoms with Gasteiger partial charge < -0.3 is 14.7 Å². The van der Waals surface area contributed by atoms with Gasteiger partial charge in [0.05, 0.1) is 18.7 Å². The highest BCUT2D eigenvalue weighted by Crippen LogP contribution is 2.23. The lowest BCUT2D eigenvalue weighted by molar-refractivity contribution is -0.165. The van der Waals surface area contributed by atoms with E-state index in [2.05, 4.69) is 0 Å². The van der Waals surface area contributed by atoms with Gasteiger partial charge in [-0.15, -0.1) is 0 Å². The Morgan fingerprint density at radius 1 is 1.67 bits per heavy atom. The van der Waals surface area contributed by atoms with Crippen molar-refractivity contribution in [2.45, 2.75) is 25.6 Å². The molecule has 0 bridgehead atoms. The smallest absolute Gasteiger partial charge is 0.251 e. The van der Waals surface area contributed by atoms with E-state index in [0.29, 0.717) is 13.1 Å². The first-order valence-corrected chi connectivity index (χ1v) is 4.00. The molecule has 0 aliphatic carbocycles. The molecule has 1 heterocycles. The molecule has 1 fully saturated rings. The van der Waals surface area contributed by atoms with Gasteiger partial charge in [-0.1, -0.05) is 0 Å². The van der Waals surface area contributed by atoms with Crippen LogP contribution >= 0.6 is 0 Å². The molecule has 1 saturated heterocycles. The topological polar surface area (TPSA) is 49.8 Å². The molecule has 1 aliphatic rings. The summed E-state index contributed by atoms with van der Waals surface area (Å²) in [5.41, 5.74) is -0.204. The number of aliphatic hydroxyl groups is 1. The molecule has 0 aromatic rings. The Kier molecular flexibility index (Phi) is 2.39. The van der Waals surface area contributed by atoms with E-state index in [-0.39, 0.29) is 11.5 Å². The van der Waals surface area contributed by atoms with Crippen molar-refractivity contribution in [1.29, 1.82) is 0 Å². The van der Waals surface area contributed by atoms with Crippen LogP contribution in [0.2, 0.25) is 0 Å². The zero-order valence-electron chi connectivity index (χ0n) is 7.70. The maximum absolute atomic E-state index is 11.1. The molecule has 4 heteroatoms. The van der Waals surface area contributed by atoms with Crippen LogP contribution in [0.15, 0.2) is 0 Å². The van der Waals surface area contributed by atoms with Gasteiger partial charge in [-0.2, -0.15) is 0 Å². The van der Waals surface area contributed by atoms with Crippen LogP contribution < -0.4 is 0 Å². The van der Waals surface area contributed by atoms with Gasteiger partial charge >= 0.3 is 0 Å². The minimum Gasteiger partial charge on any atom is -0.384 e. The summed E-state index contributed by atoms with van der Waals surface area (Å²) >= 11 is 0. The zero-order valence-corrected chi connectivity index (χ0v) is 7.70. The lowest BCUT2D eigenvalue weighted by Gasteiger charge is -2.47. The SMILES string of the molecule is COC1(C)CN(C(=O)C(C)O)C1. The van der Waals surface area contributed by atoms with Gasteiger partial charge in [0.2, 0.25) is 0 Å². The molecule has 1 aliphatic heterocycles. The predicted octanol–water partition coefficient (Wildman–Crippen LogP) is -0.385. The lowest BCUT2D eigenvalue weighted by Crippen LogP contribution is -2.64. The molecule has 0 saturated carbocycles. The highest BCUT2D eigenvalue weighted by molar-refractivity contribution is 5.81. The van der Waals surface area contributed by atoms with Gasteiger partial charge in [0.25, 0.3) is 5.91 Å². The molecule has 0 aromatic carbocycles. The van der Waals surface area contributed by atoms with Crippen molar-refractivity contribution in [3.8, 4) is 0 Å². The Hall–Kier alpha value is -0.610. The van der Waals surface area contributed by atoms with E-state index in [4.69, 9.17) is 9.84 Å². The van der Waals surface area contributed by atoms with E-state index in [1.807, 2.05) is 6.92 Å².